The summed E-state index contributed by atoms with van der Waals surface area (Å²) < 4.78 is 24.9. The van der Waals surface area contributed by atoms with Crippen molar-refractivity contribution in [3.8, 4) is 0 Å². The van der Waals surface area contributed by atoms with Gasteiger partial charge in [0.1, 0.15) is 0 Å². The minimum atomic E-state index is -3.22. The first-order valence-corrected chi connectivity index (χ1v) is 6.38. The van der Waals surface area contributed by atoms with Gasteiger partial charge in [-0.2, -0.15) is 0 Å². The molecule has 0 fully saturated rings. The predicted octanol–water partition coefficient (Wildman–Crippen LogP) is 1.50. The van der Waals surface area contributed by atoms with Gasteiger partial charge in [-0.05, 0) is 31.5 Å². The average molecular weight is 229 g/mol. The lowest BCUT2D eigenvalue weighted by Gasteiger charge is -2.08. The normalized spacial score (nSPS) is 13.5. The van der Waals surface area contributed by atoms with E-state index < -0.39 is 16.1 Å². The number of rotatable bonds is 4. The molecule has 1 atom stereocenters. The molecule has 84 valence electrons. The second-order valence-corrected chi connectivity index (χ2v) is 5.31. The van der Waals surface area contributed by atoms with Gasteiger partial charge in [-0.25, -0.2) is 8.42 Å². The van der Waals surface area contributed by atoms with Crippen molar-refractivity contribution < 1.29 is 13.5 Å². The van der Waals surface area contributed by atoms with Crippen LogP contribution in [0.15, 0.2) is 24.3 Å². The Morgan fingerprint density at radius 2 is 1.87 bits per heavy atom. The van der Waals surface area contributed by atoms with Gasteiger partial charge in [0.15, 0.2) is 0 Å². The average Bonchev–Trinajstić information content (AvgIpc) is 2.18. The van der Waals surface area contributed by atoms with Gasteiger partial charge in [-0.3, -0.25) is 4.72 Å². The summed E-state index contributed by atoms with van der Waals surface area (Å²) in [7, 11) is -3.22. The smallest absolute Gasteiger partial charge is 0.232 e. The fourth-order valence-electron chi connectivity index (χ4n) is 1.08. The quantitative estimate of drug-likeness (QED) is 0.822. The number of aliphatic hydroxyl groups is 1. The number of aliphatic hydroxyl groups excluding tert-OH is 1. The van der Waals surface area contributed by atoms with Gasteiger partial charge in [-0.1, -0.05) is 12.1 Å². The topological polar surface area (TPSA) is 66.4 Å². The van der Waals surface area contributed by atoms with Crippen LogP contribution >= 0.6 is 0 Å². The maximum atomic E-state index is 11.2. The first-order valence-electron chi connectivity index (χ1n) is 4.73. The van der Waals surface area contributed by atoms with Gasteiger partial charge in [0.25, 0.3) is 0 Å². The van der Waals surface area contributed by atoms with Crippen LogP contribution in [0.25, 0.3) is 0 Å². The third-order valence-corrected chi connectivity index (χ3v) is 3.35. The van der Waals surface area contributed by atoms with E-state index in [2.05, 4.69) is 4.72 Å². The van der Waals surface area contributed by atoms with Gasteiger partial charge in [0, 0.05) is 5.69 Å². The van der Waals surface area contributed by atoms with Crippen LogP contribution in [-0.4, -0.2) is 19.3 Å². The Bertz CT molecular complexity index is 409. The molecule has 0 aliphatic heterocycles. The molecule has 0 radical (unpaired) electrons. The lowest BCUT2D eigenvalue weighted by Crippen LogP contribution is -2.14. The van der Waals surface area contributed by atoms with E-state index in [1.807, 2.05) is 0 Å². The van der Waals surface area contributed by atoms with Gasteiger partial charge in [-0.15, -0.1) is 0 Å². The van der Waals surface area contributed by atoms with Crippen LogP contribution in [0.4, 0.5) is 5.69 Å². The summed E-state index contributed by atoms with van der Waals surface area (Å²) in [6, 6.07) is 6.65. The standard InChI is InChI=1S/C10H15NO3S/c1-3-15(13,14)11-10-6-4-9(5-7-10)8(2)12/h4-8,11-12H,3H2,1-2H3/t8-/m1/s1. The summed E-state index contributed by atoms with van der Waals surface area (Å²) >= 11 is 0. The SMILES string of the molecule is CCS(=O)(=O)Nc1ccc([C@@H](C)O)cc1. The van der Waals surface area contributed by atoms with Gasteiger partial charge < -0.3 is 5.11 Å². The minimum Gasteiger partial charge on any atom is -0.389 e. The molecule has 0 aliphatic carbocycles. The van der Waals surface area contributed by atoms with E-state index in [1.54, 1.807) is 38.1 Å². The van der Waals surface area contributed by atoms with Crippen molar-refractivity contribution in [2.75, 3.05) is 10.5 Å². The van der Waals surface area contributed by atoms with Crippen molar-refractivity contribution in [1.29, 1.82) is 0 Å². The fourth-order valence-corrected chi connectivity index (χ4v) is 1.72. The molecule has 2 N–H and O–H groups in total. The Morgan fingerprint density at radius 3 is 2.27 bits per heavy atom. The predicted molar refractivity (Wildman–Crippen MR) is 60.2 cm³/mol. The van der Waals surface area contributed by atoms with Crippen LogP contribution < -0.4 is 4.72 Å². The molecule has 0 saturated carbocycles. The second-order valence-electron chi connectivity index (χ2n) is 3.30. The van der Waals surface area contributed by atoms with Crippen molar-refractivity contribution in [3.63, 3.8) is 0 Å². The van der Waals surface area contributed by atoms with E-state index >= 15 is 0 Å². The lowest BCUT2D eigenvalue weighted by molar-refractivity contribution is 0.199. The van der Waals surface area contributed by atoms with Crippen molar-refractivity contribution in [2.45, 2.75) is 20.0 Å². The van der Waals surface area contributed by atoms with Crippen LogP contribution in [-0.2, 0) is 10.0 Å². The van der Waals surface area contributed by atoms with Crippen LogP contribution in [0.3, 0.4) is 0 Å². The van der Waals surface area contributed by atoms with E-state index in [0.29, 0.717) is 5.69 Å². The van der Waals surface area contributed by atoms with Crippen LogP contribution in [0, 0.1) is 0 Å². The Labute approximate surface area is 90.0 Å². The van der Waals surface area contributed by atoms with E-state index in [1.165, 1.54) is 0 Å². The van der Waals surface area contributed by atoms with E-state index in [0.717, 1.165) is 5.56 Å². The molecule has 0 unspecified atom stereocenters. The Morgan fingerprint density at radius 1 is 1.33 bits per heavy atom. The molecule has 1 aromatic rings. The highest BCUT2D eigenvalue weighted by Crippen LogP contribution is 2.16. The Hall–Kier alpha value is -1.07. The molecule has 0 aliphatic rings. The number of anilines is 1. The number of nitrogens with one attached hydrogen (secondary N) is 1. The largest absolute Gasteiger partial charge is 0.389 e. The van der Waals surface area contributed by atoms with E-state index in [-0.39, 0.29) is 5.75 Å². The first-order chi connectivity index (χ1) is 6.94. The molecule has 1 rings (SSSR count). The molecular formula is C10H15NO3S. The summed E-state index contributed by atoms with van der Waals surface area (Å²) in [4.78, 5) is 0. The summed E-state index contributed by atoms with van der Waals surface area (Å²) in [6.45, 7) is 3.23. The molecular weight excluding hydrogens is 214 g/mol. The van der Waals surface area contributed by atoms with Crippen LogP contribution in [0.1, 0.15) is 25.5 Å². The minimum absolute atomic E-state index is 0.0468. The summed E-state index contributed by atoms with van der Waals surface area (Å²) in [5.74, 6) is 0.0468. The molecule has 0 spiro atoms. The third kappa shape index (κ3) is 3.53. The van der Waals surface area contributed by atoms with Crippen molar-refractivity contribution in [1.82, 2.24) is 0 Å². The zero-order chi connectivity index (χ0) is 11.5. The van der Waals surface area contributed by atoms with E-state index in [4.69, 9.17) is 0 Å². The van der Waals surface area contributed by atoms with E-state index in [9.17, 15) is 13.5 Å². The highest BCUT2D eigenvalue weighted by molar-refractivity contribution is 7.92. The maximum Gasteiger partial charge on any atom is 0.232 e. The fraction of sp³-hybridized carbons (Fsp3) is 0.400. The number of sulfonamides is 1. The molecule has 5 heteroatoms. The van der Waals surface area contributed by atoms with Crippen molar-refractivity contribution in [2.24, 2.45) is 0 Å². The van der Waals surface area contributed by atoms with Gasteiger partial charge in [0.2, 0.25) is 10.0 Å². The summed E-state index contributed by atoms with van der Waals surface area (Å²) in [5.41, 5.74) is 1.27. The zero-order valence-corrected chi connectivity index (χ0v) is 9.58. The Balaban J connectivity index is 2.82. The highest BCUT2D eigenvalue weighted by atomic mass is 32.2. The number of hydrogen-bond acceptors (Lipinski definition) is 3. The number of benzene rings is 1. The molecule has 4 nitrogen and oxygen atoms in total. The Kier molecular flexibility index (Phi) is 3.71. The molecule has 15 heavy (non-hydrogen) atoms. The zero-order valence-electron chi connectivity index (χ0n) is 8.77. The summed E-state index contributed by atoms with van der Waals surface area (Å²) in [6.07, 6.45) is -0.540. The van der Waals surface area contributed by atoms with Gasteiger partial charge >= 0.3 is 0 Å². The number of hydrogen-bond donors (Lipinski definition) is 2. The maximum absolute atomic E-state index is 11.2. The van der Waals surface area contributed by atoms with Crippen LogP contribution in [0.2, 0.25) is 0 Å². The monoisotopic (exact) mass is 229 g/mol. The molecule has 0 heterocycles. The third-order valence-electron chi connectivity index (χ3n) is 2.05. The summed E-state index contributed by atoms with van der Waals surface area (Å²) in [5, 5.41) is 9.25. The second kappa shape index (κ2) is 4.63. The van der Waals surface area contributed by atoms with Crippen molar-refractivity contribution >= 4 is 15.7 Å². The van der Waals surface area contributed by atoms with Crippen LogP contribution in [0.5, 0.6) is 0 Å². The van der Waals surface area contributed by atoms with Gasteiger partial charge in [0.05, 0.1) is 11.9 Å². The molecule has 0 aromatic heterocycles. The molecule has 1 aromatic carbocycles. The van der Waals surface area contributed by atoms with Crippen molar-refractivity contribution in [3.05, 3.63) is 29.8 Å². The lowest BCUT2D eigenvalue weighted by atomic mass is 10.1. The molecule has 0 bridgehead atoms. The molecule has 0 amide bonds. The highest BCUT2D eigenvalue weighted by Gasteiger charge is 2.06. The molecule has 0 saturated heterocycles. The first kappa shape index (κ1) is 12.0.